The molecule has 2 aromatic heterocycles. The fraction of sp³-hybridized carbons (Fsp3) is 0.400. The molecule has 1 saturated carbocycles. The molecule has 0 aromatic carbocycles. The average molecular weight is 340 g/mol. The van der Waals surface area contributed by atoms with Crippen LogP contribution in [-0.2, 0) is 4.79 Å². The summed E-state index contributed by atoms with van der Waals surface area (Å²) in [6.45, 7) is 0. The first kappa shape index (κ1) is 15.8. The number of thiophene rings is 1. The summed E-state index contributed by atoms with van der Waals surface area (Å²) in [5.41, 5.74) is -0.996. The molecule has 0 aliphatic heterocycles. The average Bonchev–Trinajstić information content (AvgIpc) is 2.93. The normalized spacial score (nSPS) is 19.4. The number of carbonyl (C=O) groups is 2. The number of alkyl halides is 2. The van der Waals surface area contributed by atoms with Crippen LogP contribution in [0.5, 0.6) is 0 Å². The Morgan fingerprint density at radius 1 is 1.26 bits per heavy atom. The van der Waals surface area contributed by atoms with Gasteiger partial charge in [0.05, 0.1) is 15.1 Å². The molecule has 8 heteroatoms. The molecule has 2 N–H and O–H groups in total. The van der Waals surface area contributed by atoms with Gasteiger partial charge in [-0.2, -0.15) is 0 Å². The number of carbonyl (C=O) groups excluding carboxylic acids is 1. The number of hydrogen-bond acceptors (Lipinski definition) is 4. The highest BCUT2D eigenvalue weighted by atomic mass is 32.1. The standard InChI is InChI=1S/C15H14F2N2O3S/c16-15(17)5-3-14(4-6-15,13(21)22)19-12(20)11-8-9-10(23-11)2-1-7-18-9/h1-2,7-8H,3-6H2,(H,19,20)(H,21,22). The molecule has 1 fully saturated rings. The van der Waals surface area contributed by atoms with E-state index in [9.17, 15) is 23.5 Å². The Morgan fingerprint density at radius 3 is 2.57 bits per heavy atom. The Labute approximate surface area is 134 Å². The molecule has 2 aromatic rings. The lowest BCUT2D eigenvalue weighted by molar-refractivity contribution is -0.149. The molecular formula is C15H14F2N2O3S. The molecule has 0 radical (unpaired) electrons. The summed E-state index contributed by atoms with van der Waals surface area (Å²) in [6.07, 6.45) is -0.0752. The van der Waals surface area contributed by atoms with Crippen LogP contribution in [0.1, 0.15) is 35.4 Å². The fourth-order valence-corrected chi connectivity index (χ4v) is 3.61. The molecule has 1 amide bonds. The van der Waals surface area contributed by atoms with Gasteiger partial charge < -0.3 is 10.4 Å². The minimum absolute atomic E-state index is 0.287. The van der Waals surface area contributed by atoms with Gasteiger partial charge in [-0.1, -0.05) is 0 Å². The van der Waals surface area contributed by atoms with Crippen molar-refractivity contribution in [2.24, 2.45) is 0 Å². The van der Waals surface area contributed by atoms with Crippen molar-refractivity contribution in [2.45, 2.75) is 37.1 Å². The van der Waals surface area contributed by atoms with E-state index in [-0.39, 0.29) is 12.8 Å². The maximum Gasteiger partial charge on any atom is 0.329 e. The number of rotatable bonds is 3. The van der Waals surface area contributed by atoms with Crippen molar-refractivity contribution in [3.63, 3.8) is 0 Å². The first-order valence-corrected chi connectivity index (χ1v) is 7.91. The fourth-order valence-electron chi connectivity index (χ4n) is 2.70. The second-order valence-corrected chi connectivity index (χ2v) is 6.78. The summed E-state index contributed by atoms with van der Waals surface area (Å²) >= 11 is 1.19. The zero-order chi connectivity index (χ0) is 16.7. The number of hydrogen-bond donors (Lipinski definition) is 2. The summed E-state index contributed by atoms with van der Waals surface area (Å²) in [4.78, 5) is 28.4. The molecule has 5 nitrogen and oxygen atoms in total. The van der Waals surface area contributed by atoms with Crippen molar-refractivity contribution in [1.29, 1.82) is 0 Å². The third kappa shape index (κ3) is 3.03. The van der Waals surface area contributed by atoms with Gasteiger partial charge in [-0.25, -0.2) is 13.6 Å². The van der Waals surface area contributed by atoms with Crippen LogP contribution >= 0.6 is 11.3 Å². The van der Waals surface area contributed by atoms with E-state index in [1.165, 1.54) is 11.3 Å². The summed E-state index contributed by atoms with van der Waals surface area (Å²) in [5.74, 6) is -4.72. The van der Waals surface area contributed by atoms with Crippen LogP contribution in [0.3, 0.4) is 0 Å². The van der Waals surface area contributed by atoms with E-state index in [2.05, 4.69) is 10.3 Å². The minimum atomic E-state index is -2.87. The summed E-state index contributed by atoms with van der Waals surface area (Å²) in [6, 6.07) is 5.11. The molecule has 1 aliphatic rings. The number of nitrogens with zero attached hydrogens (tertiary/aromatic N) is 1. The maximum absolute atomic E-state index is 13.3. The van der Waals surface area contributed by atoms with E-state index in [1.54, 1.807) is 24.4 Å². The van der Waals surface area contributed by atoms with Crippen molar-refractivity contribution in [1.82, 2.24) is 10.3 Å². The van der Waals surface area contributed by atoms with Crippen LogP contribution in [0.4, 0.5) is 8.78 Å². The lowest BCUT2D eigenvalue weighted by Crippen LogP contribution is -2.57. The van der Waals surface area contributed by atoms with Gasteiger partial charge in [0.25, 0.3) is 5.91 Å². The molecule has 0 atom stereocenters. The lowest BCUT2D eigenvalue weighted by atomic mass is 9.79. The van der Waals surface area contributed by atoms with Crippen molar-refractivity contribution < 1.29 is 23.5 Å². The zero-order valence-electron chi connectivity index (χ0n) is 12.0. The van der Waals surface area contributed by atoms with Gasteiger partial charge in [-0.3, -0.25) is 9.78 Å². The maximum atomic E-state index is 13.3. The SMILES string of the molecule is O=C(NC1(C(=O)O)CCC(F)(F)CC1)c1cc2ncccc2s1. The number of aliphatic carboxylic acids is 1. The summed E-state index contributed by atoms with van der Waals surface area (Å²) in [5, 5.41) is 11.9. The van der Waals surface area contributed by atoms with Crippen molar-refractivity contribution in [3.05, 3.63) is 29.3 Å². The second-order valence-electron chi connectivity index (χ2n) is 5.69. The Morgan fingerprint density at radius 2 is 1.96 bits per heavy atom. The van der Waals surface area contributed by atoms with Gasteiger partial charge >= 0.3 is 5.97 Å². The smallest absolute Gasteiger partial charge is 0.329 e. The van der Waals surface area contributed by atoms with Crippen LogP contribution < -0.4 is 5.32 Å². The van der Waals surface area contributed by atoms with Crippen molar-refractivity contribution in [2.75, 3.05) is 0 Å². The number of amides is 1. The molecule has 2 heterocycles. The third-order valence-corrected chi connectivity index (χ3v) is 5.20. The number of nitrogens with one attached hydrogen (secondary N) is 1. The number of aromatic nitrogens is 1. The molecular weight excluding hydrogens is 326 g/mol. The van der Waals surface area contributed by atoms with Gasteiger partial charge in [0.15, 0.2) is 0 Å². The lowest BCUT2D eigenvalue weighted by Gasteiger charge is -2.37. The monoisotopic (exact) mass is 340 g/mol. The van der Waals surface area contributed by atoms with E-state index >= 15 is 0 Å². The largest absolute Gasteiger partial charge is 0.480 e. The van der Waals surface area contributed by atoms with Crippen LogP contribution in [0.15, 0.2) is 24.4 Å². The molecule has 0 saturated heterocycles. The predicted molar refractivity (Wildman–Crippen MR) is 80.9 cm³/mol. The molecule has 1 aliphatic carbocycles. The molecule has 0 bridgehead atoms. The first-order chi connectivity index (χ1) is 10.8. The highest BCUT2D eigenvalue weighted by Gasteiger charge is 2.49. The highest BCUT2D eigenvalue weighted by Crippen LogP contribution is 2.39. The van der Waals surface area contributed by atoms with Gasteiger partial charge in [0, 0.05) is 19.0 Å². The topological polar surface area (TPSA) is 79.3 Å². The number of carboxylic acid groups (broad SMARTS) is 1. The molecule has 0 unspecified atom stereocenters. The number of pyridine rings is 1. The van der Waals surface area contributed by atoms with Gasteiger partial charge in [0.1, 0.15) is 5.54 Å². The summed E-state index contributed by atoms with van der Waals surface area (Å²) in [7, 11) is 0. The van der Waals surface area contributed by atoms with Crippen LogP contribution in [-0.4, -0.2) is 33.4 Å². The van der Waals surface area contributed by atoms with E-state index in [0.29, 0.717) is 10.4 Å². The number of halogens is 2. The van der Waals surface area contributed by atoms with Gasteiger partial charge in [-0.15, -0.1) is 11.3 Å². The Hall–Kier alpha value is -2.09. The molecule has 122 valence electrons. The van der Waals surface area contributed by atoms with E-state index in [4.69, 9.17) is 0 Å². The summed E-state index contributed by atoms with van der Waals surface area (Å²) < 4.78 is 27.4. The van der Waals surface area contributed by atoms with Gasteiger partial charge in [0.2, 0.25) is 5.92 Å². The van der Waals surface area contributed by atoms with E-state index in [1.807, 2.05) is 0 Å². The number of fused-ring (bicyclic) bond motifs is 1. The molecule has 23 heavy (non-hydrogen) atoms. The number of carboxylic acids is 1. The Bertz CT molecular complexity index is 732. The van der Waals surface area contributed by atoms with Crippen LogP contribution in [0.2, 0.25) is 0 Å². The highest BCUT2D eigenvalue weighted by molar-refractivity contribution is 7.20. The third-order valence-electron chi connectivity index (χ3n) is 4.11. The van der Waals surface area contributed by atoms with Crippen LogP contribution in [0.25, 0.3) is 10.2 Å². The van der Waals surface area contributed by atoms with E-state index < -0.39 is 36.2 Å². The predicted octanol–water partition coefficient (Wildman–Crippen LogP) is 3.06. The Kier molecular flexibility index (Phi) is 3.79. The van der Waals surface area contributed by atoms with E-state index in [0.717, 1.165) is 4.70 Å². The quantitative estimate of drug-likeness (QED) is 0.900. The first-order valence-electron chi connectivity index (χ1n) is 7.10. The minimum Gasteiger partial charge on any atom is -0.480 e. The van der Waals surface area contributed by atoms with Crippen molar-refractivity contribution >= 4 is 33.4 Å². The van der Waals surface area contributed by atoms with Crippen molar-refractivity contribution in [3.8, 4) is 0 Å². The zero-order valence-corrected chi connectivity index (χ0v) is 12.8. The molecule has 3 rings (SSSR count). The molecule has 0 spiro atoms. The Balaban J connectivity index is 1.83. The van der Waals surface area contributed by atoms with Gasteiger partial charge in [-0.05, 0) is 31.0 Å². The van der Waals surface area contributed by atoms with Crippen LogP contribution in [0, 0.1) is 0 Å². The second kappa shape index (κ2) is 5.52.